The number of fused-ring (bicyclic) bond motifs is 7. The molecule has 2 saturated carbocycles. The van der Waals surface area contributed by atoms with Crippen LogP contribution in [0.25, 0.3) is 10.2 Å². The Bertz CT molecular complexity index is 1950. The van der Waals surface area contributed by atoms with Crippen LogP contribution in [0.1, 0.15) is 83.3 Å². The zero-order valence-corrected chi connectivity index (χ0v) is 33.9. The second-order valence-corrected chi connectivity index (χ2v) is 18.9. The largest absolute Gasteiger partial charge is 0.442 e. The molecule has 1 aromatic heterocycles. The molecular formula is C40H54F2N4O8S2. The SMILES string of the molecule is CCOC1OCC2CC1C1C[C@@]21OC(=O)N[C@@H](Cc1cc(F)cc(F)c1)[C@H](O)CN1CCCCCCCCOCc2cc3nc(NC(C)C)sc3cc2S1(=O)=O. The van der Waals surface area contributed by atoms with Gasteiger partial charge in [-0.15, -0.1) is 0 Å². The van der Waals surface area contributed by atoms with Gasteiger partial charge in [0.1, 0.15) is 17.2 Å². The van der Waals surface area contributed by atoms with E-state index in [9.17, 15) is 27.1 Å². The molecule has 3 N–H and O–H groups in total. The van der Waals surface area contributed by atoms with E-state index in [-0.39, 0.29) is 60.1 Å². The number of benzene rings is 2. The summed E-state index contributed by atoms with van der Waals surface area (Å²) in [5, 5.41) is 18.7. The maximum atomic E-state index is 14.8. The number of amides is 1. The van der Waals surface area contributed by atoms with Crippen molar-refractivity contribution in [3.05, 3.63) is 53.1 Å². The molecule has 1 saturated heterocycles. The maximum absolute atomic E-state index is 14.8. The molecule has 3 fully saturated rings. The van der Waals surface area contributed by atoms with Crippen LogP contribution in [0.5, 0.6) is 0 Å². The van der Waals surface area contributed by atoms with Gasteiger partial charge in [0.25, 0.3) is 0 Å². The van der Waals surface area contributed by atoms with Gasteiger partial charge in [-0.2, -0.15) is 4.31 Å². The van der Waals surface area contributed by atoms with Gasteiger partial charge in [-0.1, -0.05) is 37.0 Å². The lowest BCUT2D eigenvalue weighted by atomic mass is 9.94. The van der Waals surface area contributed by atoms with Gasteiger partial charge in [-0.3, -0.25) is 0 Å². The normalized spacial score (nSPS) is 27.8. The number of hydrogen-bond acceptors (Lipinski definition) is 11. The van der Waals surface area contributed by atoms with E-state index in [1.54, 1.807) is 12.1 Å². The van der Waals surface area contributed by atoms with Crippen molar-refractivity contribution < 1.29 is 46.0 Å². The minimum Gasteiger partial charge on any atom is -0.442 e. The first-order valence-electron chi connectivity index (χ1n) is 20.0. The molecule has 1 amide bonds. The average molecular weight is 821 g/mol. The molecule has 4 aliphatic rings. The minimum absolute atomic E-state index is 0.00656. The quantitative estimate of drug-likeness (QED) is 0.190. The molecule has 2 aliphatic carbocycles. The van der Waals surface area contributed by atoms with Crippen LogP contribution < -0.4 is 10.6 Å². The van der Waals surface area contributed by atoms with Crippen LogP contribution in [0.15, 0.2) is 35.2 Å². The Morgan fingerprint density at radius 3 is 2.61 bits per heavy atom. The minimum atomic E-state index is -4.26. The number of ether oxygens (including phenoxy) is 4. The number of hydrogen-bond donors (Lipinski definition) is 3. The van der Waals surface area contributed by atoms with Crippen LogP contribution in [0, 0.1) is 29.4 Å². The summed E-state index contributed by atoms with van der Waals surface area (Å²) in [4.78, 5) is 18.5. The summed E-state index contributed by atoms with van der Waals surface area (Å²) in [6, 6.07) is 5.36. The van der Waals surface area contributed by atoms with E-state index < -0.39 is 52.0 Å². The summed E-state index contributed by atoms with van der Waals surface area (Å²) < 4.78 is 84.2. The number of carbonyl (C=O) groups excluding carboxylic acids is 1. The summed E-state index contributed by atoms with van der Waals surface area (Å²) in [6.45, 7) is 7.07. The van der Waals surface area contributed by atoms with Crippen LogP contribution in [0.3, 0.4) is 0 Å². The Morgan fingerprint density at radius 1 is 1.11 bits per heavy atom. The fourth-order valence-corrected chi connectivity index (χ4v) is 11.6. The van der Waals surface area contributed by atoms with E-state index in [4.69, 9.17) is 23.9 Å². The van der Waals surface area contributed by atoms with Crippen LogP contribution in [0.4, 0.5) is 18.7 Å². The molecule has 16 heteroatoms. The summed E-state index contributed by atoms with van der Waals surface area (Å²) >= 11 is 1.36. The molecule has 4 unspecified atom stereocenters. The third kappa shape index (κ3) is 9.16. The van der Waals surface area contributed by atoms with Crippen molar-refractivity contribution >= 4 is 42.8 Å². The van der Waals surface area contributed by atoms with Gasteiger partial charge in [-0.05, 0) is 88.3 Å². The highest BCUT2D eigenvalue weighted by Crippen LogP contribution is 2.67. The molecule has 12 nitrogen and oxygen atoms in total. The fraction of sp³-hybridized carbons (Fsp3) is 0.650. The number of nitrogens with zero attached hydrogens (tertiary/aromatic N) is 2. The fourth-order valence-electron chi connectivity index (χ4n) is 8.79. The van der Waals surface area contributed by atoms with Crippen molar-refractivity contribution in [3.63, 3.8) is 0 Å². The van der Waals surface area contributed by atoms with Gasteiger partial charge in [0.05, 0.1) is 40.5 Å². The van der Waals surface area contributed by atoms with Gasteiger partial charge in [-0.25, -0.2) is 27.0 Å². The summed E-state index contributed by atoms with van der Waals surface area (Å²) in [5.41, 5.74) is 0.567. The highest BCUT2D eigenvalue weighted by Gasteiger charge is 2.73. The highest BCUT2D eigenvalue weighted by molar-refractivity contribution is 7.89. The predicted molar refractivity (Wildman–Crippen MR) is 208 cm³/mol. The highest BCUT2D eigenvalue weighted by atomic mass is 32.2. The third-order valence-corrected chi connectivity index (χ3v) is 14.4. The number of sulfonamides is 1. The molecule has 2 aromatic carbocycles. The third-order valence-electron chi connectivity index (χ3n) is 11.5. The molecule has 2 bridgehead atoms. The van der Waals surface area contributed by atoms with Crippen LogP contribution in [0.2, 0.25) is 0 Å². The van der Waals surface area contributed by atoms with Crippen LogP contribution in [-0.4, -0.2) is 91.9 Å². The van der Waals surface area contributed by atoms with Gasteiger partial charge in [0, 0.05) is 56.2 Å². The number of aliphatic hydroxyl groups excluding tert-OH is 1. The molecule has 3 heterocycles. The summed E-state index contributed by atoms with van der Waals surface area (Å²) in [7, 11) is -4.26. The van der Waals surface area contributed by atoms with Crippen molar-refractivity contribution in [2.75, 3.05) is 38.2 Å². The lowest BCUT2D eigenvalue weighted by molar-refractivity contribution is -0.198. The van der Waals surface area contributed by atoms with Crippen molar-refractivity contribution in [3.8, 4) is 0 Å². The monoisotopic (exact) mass is 820 g/mol. The van der Waals surface area contributed by atoms with E-state index in [1.807, 2.05) is 20.8 Å². The standard InChI is InChI=1S/C40H54F2N4O8S2/c1-4-52-37-30-17-27(23-53-37)40(20-31(30)40)54-39(48)45-32(15-25-13-28(41)18-29(42)14-25)34(47)21-46-11-9-7-5-6-8-10-12-51-22-26-16-33-35(19-36(26)56(46,49)50)55-38(44-33)43-24(2)3/h13-14,16,18-19,24,27,30-32,34,37,47H,4-12,15,17,20-23H2,1-3H3,(H,43,44)(H,45,48)/t27?,30?,31?,32-,34+,37?,40+/m0/s1. The number of aromatic nitrogens is 1. The number of rotatable bonds is 11. The first-order chi connectivity index (χ1) is 26.9. The molecular weight excluding hydrogens is 767 g/mol. The summed E-state index contributed by atoms with van der Waals surface area (Å²) in [6.07, 6.45) is 3.76. The number of alkyl carbamates (subject to hydrolysis) is 1. The van der Waals surface area contributed by atoms with Gasteiger partial charge < -0.3 is 34.7 Å². The molecule has 308 valence electrons. The zero-order valence-electron chi connectivity index (χ0n) is 32.3. The smallest absolute Gasteiger partial charge is 0.408 e. The first kappa shape index (κ1) is 41.2. The van der Waals surface area contributed by atoms with Crippen molar-refractivity contribution in [2.24, 2.45) is 17.8 Å². The summed E-state index contributed by atoms with van der Waals surface area (Å²) in [5.74, 6) is -1.45. The molecule has 3 aromatic rings. The van der Waals surface area contributed by atoms with Crippen LogP contribution in [-0.2, 0) is 42.0 Å². The van der Waals surface area contributed by atoms with E-state index in [0.717, 1.165) is 56.7 Å². The molecule has 0 spiro atoms. The number of β-amino-alcohol motifs (C(OH)–C–C–N with tert-alkyl or cyclic N) is 1. The number of nitrogens with one attached hydrogen (secondary N) is 2. The van der Waals surface area contributed by atoms with Crippen molar-refractivity contribution in [1.29, 1.82) is 0 Å². The van der Waals surface area contributed by atoms with E-state index >= 15 is 0 Å². The van der Waals surface area contributed by atoms with E-state index in [1.165, 1.54) is 15.6 Å². The van der Waals surface area contributed by atoms with Crippen LogP contribution >= 0.6 is 11.3 Å². The molecule has 7 rings (SSSR count). The van der Waals surface area contributed by atoms with E-state index in [0.29, 0.717) is 53.6 Å². The van der Waals surface area contributed by atoms with Crippen molar-refractivity contribution in [2.45, 2.75) is 120 Å². The Balaban J connectivity index is 1.16. The second kappa shape index (κ2) is 17.5. The topological polar surface area (TPSA) is 149 Å². The number of thiazole rings is 1. The van der Waals surface area contributed by atoms with E-state index in [2.05, 4.69) is 10.6 Å². The number of carbonyl (C=O) groups is 1. The lowest BCUT2D eigenvalue weighted by Gasteiger charge is -2.33. The van der Waals surface area contributed by atoms with Crippen molar-refractivity contribution in [1.82, 2.24) is 14.6 Å². The lowest BCUT2D eigenvalue weighted by Crippen LogP contribution is -2.51. The van der Waals surface area contributed by atoms with Gasteiger partial charge in [0.2, 0.25) is 10.0 Å². The second-order valence-electron chi connectivity index (χ2n) is 16.0. The molecule has 56 heavy (non-hydrogen) atoms. The molecule has 2 aliphatic heterocycles. The van der Waals surface area contributed by atoms with Gasteiger partial charge in [0.15, 0.2) is 11.4 Å². The predicted octanol–water partition coefficient (Wildman–Crippen LogP) is 6.74. The Labute approximate surface area is 331 Å². The average Bonchev–Trinajstić information content (AvgIpc) is 3.63. The first-order valence-corrected chi connectivity index (χ1v) is 22.3. The van der Waals surface area contributed by atoms with Gasteiger partial charge >= 0.3 is 6.09 Å². The Morgan fingerprint density at radius 2 is 1.86 bits per heavy atom. The molecule has 0 radical (unpaired) electrons. The number of halogens is 2. The molecule has 7 atom stereocenters. The number of aliphatic hydroxyl groups is 1. The Kier molecular flexibility index (Phi) is 12.8. The Hall–Kier alpha value is -2.99. The zero-order chi connectivity index (χ0) is 39.6. The maximum Gasteiger partial charge on any atom is 0.408 e. The number of anilines is 1.